The lowest BCUT2D eigenvalue weighted by molar-refractivity contribution is 0.399. The molecule has 4 nitrogen and oxygen atoms in total. The van der Waals surface area contributed by atoms with Crippen LogP contribution in [0.4, 0.5) is 0 Å². The maximum atomic E-state index is 5.11. The van der Waals surface area contributed by atoms with Crippen LogP contribution >= 0.6 is 15.9 Å². The van der Waals surface area contributed by atoms with Gasteiger partial charge in [0.2, 0.25) is 5.88 Å². The summed E-state index contributed by atoms with van der Waals surface area (Å²) < 4.78 is 6.11. The van der Waals surface area contributed by atoms with Crippen LogP contribution in [0.15, 0.2) is 34.8 Å². The van der Waals surface area contributed by atoms with Crippen molar-refractivity contribution >= 4 is 27.1 Å². The summed E-state index contributed by atoms with van der Waals surface area (Å²) >= 11 is 3.55. The summed E-state index contributed by atoms with van der Waals surface area (Å²) in [6.45, 7) is 2.06. The summed E-state index contributed by atoms with van der Waals surface area (Å²) in [5.41, 5.74) is 3.76. The molecule has 96 valence electrons. The molecule has 5 heteroatoms. The van der Waals surface area contributed by atoms with E-state index in [0.717, 1.165) is 21.4 Å². The van der Waals surface area contributed by atoms with E-state index in [2.05, 4.69) is 49.9 Å². The highest BCUT2D eigenvalue weighted by Crippen LogP contribution is 2.28. The molecule has 0 aliphatic rings. The third-order valence-corrected chi connectivity index (χ3v) is 3.60. The molecule has 19 heavy (non-hydrogen) atoms. The molecule has 0 spiro atoms. The molecule has 2 aromatic heterocycles. The third-order valence-electron chi connectivity index (χ3n) is 2.91. The normalized spacial score (nSPS) is 10.9. The van der Waals surface area contributed by atoms with Gasteiger partial charge in [0.25, 0.3) is 0 Å². The molecule has 3 aromatic rings. The van der Waals surface area contributed by atoms with Crippen LogP contribution in [-0.2, 0) is 0 Å². The highest BCUT2D eigenvalue weighted by Gasteiger charge is 2.10. The van der Waals surface area contributed by atoms with E-state index < -0.39 is 0 Å². The van der Waals surface area contributed by atoms with Crippen LogP contribution in [0.5, 0.6) is 5.88 Å². The fourth-order valence-corrected chi connectivity index (χ4v) is 2.37. The van der Waals surface area contributed by atoms with Crippen molar-refractivity contribution in [3.8, 4) is 17.3 Å². The number of aromatic nitrogens is 3. The van der Waals surface area contributed by atoms with Crippen LogP contribution in [-0.4, -0.2) is 22.1 Å². The Morgan fingerprint density at radius 1 is 1.16 bits per heavy atom. The molecule has 0 radical (unpaired) electrons. The quantitative estimate of drug-likeness (QED) is 0.784. The number of halogens is 1. The number of ether oxygens (including phenoxy) is 1. The van der Waals surface area contributed by atoms with Crippen molar-refractivity contribution in [1.82, 2.24) is 15.0 Å². The number of benzene rings is 1. The van der Waals surface area contributed by atoms with Gasteiger partial charge in [0.05, 0.1) is 12.6 Å². The molecule has 1 N–H and O–H groups in total. The summed E-state index contributed by atoms with van der Waals surface area (Å²) in [5.74, 6) is 1.36. The lowest BCUT2D eigenvalue weighted by atomic mass is 10.1. The number of nitrogens with one attached hydrogen (secondary N) is 1. The average molecular weight is 318 g/mol. The number of imidazole rings is 1. The summed E-state index contributed by atoms with van der Waals surface area (Å²) in [6, 6.07) is 9.89. The number of hydrogen-bond donors (Lipinski definition) is 1. The molecule has 1 aromatic carbocycles. The van der Waals surface area contributed by atoms with Gasteiger partial charge in [-0.1, -0.05) is 27.6 Å². The topological polar surface area (TPSA) is 50.8 Å². The Labute approximate surface area is 119 Å². The third kappa shape index (κ3) is 2.21. The number of fused-ring (bicyclic) bond motifs is 1. The van der Waals surface area contributed by atoms with Gasteiger partial charge in [0, 0.05) is 16.1 Å². The van der Waals surface area contributed by atoms with Crippen LogP contribution in [0.3, 0.4) is 0 Å². The van der Waals surface area contributed by atoms with Crippen LogP contribution in [0.1, 0.15) is 5.56 Å². The maximum absolute atomic E-state index is 5.11. The second kappa shape index (κ2) is 4.66. The molecular weight excluding hydrogens is 306 g/mol. The first kappa shape index (κ1) is 12.2. The van der Waals surface area contributed by atoms with Gasteiger partial charge < -0.3 is 9.72 Å². The van der Waals surface area contributed by atoms with E-state index in [1.807, 2.05) is 18.2 Å². The lowest BCUT2D eigenvalue weighted by Crippen LogP contribution is -1.86. The molecule has 0 fully saturated rings. The smallest absolute Gasteiger partial charge is 0.215 e. The number of H-pyrrole nitrogens is 1. The Hall–Kier alpha value is -1.88. The highest BCUT2D eigenvalue weighted by molar-refractivity contribution is 9.10. The van der Waals surface area contributed by atoms with Gasteiger partial charge in [0.1, 0.15) is 5.82 Å². The monoisotopic (exact) mass is 317 g/mol. The summed E-state index contributed by atoms with van der Waals surface area (Å²) in [4.78, 5) is 12.1. The van der Waals surface area contributed by atoms with Crippen molar-refractivity contribution in [3.05, 3.63) is 40.4 Å². The Morgan fingerprint density at radius 3 is 2.79 bits per heavy atom. The zero-order valence-corrected chi connectivity index (χ0v) is 12.2. The molecule has 0 aliphatic heterocycles. The first-order chi connectivity index (χ1) is 9.17. The van der Waals surface area contributed by atoms with Gasteiger partial charge in [-0.2, -0.15) is 4.98 Å². The number of methoxy groups -OCH3 is 1. The number of hydrogen-bond acceptors (Lipinski definition) is 3. The maximum Gasteiger partial charge on any atom is 0.215 e. The van der Waals surface area contributed by atoms with Crippen molar-refractivity contribution in [2.24, 2.45) is 0 Å². The summed E-state index contributed by atoms with van der Waals surface area (Å²) in [6.07, 6.45) is 0. The second-order valence-corrected chi connectivity index (χ2v) is 5.15. The molecular formula is C14H12BrN3O. The first-order valence-electron chi connectivity index (χ1n) is 5.84. The van der Waals surface area contributed by atoms with Crippen LogP contribution < -0.4 is 4.74 Å². The van der Waals surface area contributed by atoms with E-state index in [9.17, 15) is 0 Å². The second-order valence-electron chi connectivity index (χ2n) is 4.29. The van der Waals surface area contributed by atoms with Gasteiger partial charge in [-0.15, -0.1) is 0 Å². The van der Waals surface area contributed by atoms with Crippen LogP contribution in [0.25, 0.3) is 22.6 Å². The fraction of sp³-hybridized carbons (Fsp3) is 0.143. The van der Waals surface area contributed by atoms with Crippen molar-refractivity contribution < 1.29 is 4.74 Å². The van der Waals surface area contributed by atoms with E-state index in [4.69, 9.17) is 4.74 Å². The Bertz CT molecular complexity index is 752. The molecule has 0 atom stereocenters. The molecule has 3 rings (SSSR count). The Morgan fingerprint density at radius 2 is 2.00 bits per heavy atom. The van der Waals surface area contributed by atoms with Gasteiger partial charge in [-0.05, 0) is 25.1 Å². The standard InChI is InChI=1S/C14H12BrN3O/c1-8-3-4-10(15)9(7-8)13-16-11-5-6-12(19-2)17-14(11)18-13/h3-7H,1-2H3,(H,16,17,18). The number of nitrogens with zero attached hydrogens (tertiary/aromatic N) is 2. The van der Waals surface area contributed by atoms with Gasteiger partial charge in [-0.25, -0.2) is 4.98 Å². The fourth-order valence-electron chi connectivity index (χ4n) is 1.94. The number of aryl methyl sites for hydroxylation is 1. The van der Waals surface area contributed by atoms with E-state index in [0.29, 0.717) is 11.5 Å². The summed E-state index contributed by atoms with van der Waals surface area (Å²) in [5, 5.41) is 0. The van der Waals surface area contributed by atoms with Crippen molar-refractivity contribution in [2.45, 2.75) is 6.92 Å². The molecule has 0 unspecified atom stereocenters. The Balaban J connectivity index is 2.17. The average Bonchev–Trinajstić information content (AvgIpc) is 2.83. The van der Waals surface area contributed by atoms with Crippen molar-refractivity contribution in [2.75, 3.05) is 7.11 Å². The minimum atomic E-state index is 0.564. The predicted molar refractivity (Wildman–Crippen MR) is 78.3 cm³/mol. The van der Waals surface area contributed by atoms with E-state index in [1.165, 1.54) is 5.56 Å². The largest absolute Gasteiger partial charge is 0.481 e. The van der Waals surface area contributed by atoms with Crippen LogP contribution in [0, 0.1) is 6.92 Å². The van der Waals surface area contributed by atoms with Crippen LogP contribution in [0.2, 0.25) is 0 Å². The lowest BCUT2D eigenvalue weighted by Gasteiger charge is -2.01. The molecule has 0 aliphatic carbocycles. The van der Waals surface area contributed by atoms with Gasteiger partial charge in [0.15, 0.2) is 5.65 Å². The predicted octanol–water partition coefficient (Wildman–Crippen LogP) is 3.70. The SMILES string of the molecule is COc1ccc2[nH]c(-c3cc(C)ccc3Br)nc2n1. The minimum absolute atomic E-state index is 0.564. The zero-order chi connectivity index (χ0) is 13.4. The molecule has 0 amide bonds. The van der Waals surface area contributed by atoms with Crippen molar-refractivity contribution in [3.63, 3.8) is 0 Å². The van der Waals surface area contributed by atoms with Gasteiger partial charge in [-0.3, -0.25) is 0 Å². The molecule has 0 saturated carbocycles. The minimum Gasteiger partial charge on any atom is -0.481 e. The first-order valence-corrected chi connectivity index (χ1v) is 6.64. The number of rotatable bonds is 2. The van der Waals surface area contributed by atoms with E-state index >= 15 is 0 Å². The Kier molecular flexibility index (Phi) is 2.98. The number of aromatic amines is 1. The van der Waals surface area contributed by atoms with E-state index in [1.54, 1.807) is 7.11 Å². The molecule has 2 heterocycles. The van der Waals surface area contributed by atoms with Crippen molar-refractivity contribution in [1.29, 1.82) is 0 Å². The molecule has 0 bridgehead atoms. The van der Waals surface area contributed by atoms with E-state index in [-0.39, 0.29) is 0 Å². The van der Waals surface area contributed by atoms with Gasteiger partial charge >= 0.3 is 0 Å². The summed E-state index contributed by atoms with van der Waals surface area (Å²) in [7, 11) is 1.60. The zero-order valence-electron chi connectivity index (χ0n) is 10.6. The number of pyridine rings is 1. The molecule has 0 saturated heterocycles. The highest BCUT2D eigenvalue weighted by atomic mass is 79.9.